The number of carbonyl (C=O) groups excluding carboxylic acids is 2. The van der Waals surface area contributed by atoms with Crippen molar-refractivity contribution in [2.24, 2.45) is 0 Å². The maximum absolute atomic E-state index is 12.6. The molecule has 0 bridgehead atoms. The van der Waals surface area contributed by atoms with E-state index in [9.17, 15) is 9.59 Å². The third kappa shape index (κ3) is 9.31. The first kappa shape index (κ1) is 40.7. The molecule has 284 valence electrons. The summed E-state index contributed by atoms with van der Waals surface area (Å²) in [6, 6.07) is 18.4. The van der Waals surface area contributed by atoms with E-state index in [0.717, 1.165) is 4.35 Å². The molecule has 3 aromatic rings. The van der Waals surface area contributed by atoms with Gasteiger partial charge in [0.1, 0.15) is 0 Å². The summed E-state index contributed by atoms with van der Waals surface area (Å²) >= 11 is -4.06. The first-order valence-electron chi connectivity index (χ1n) is 17.9. The van der Waals surface area contributed by atoms with E-state index in [1.54, 1.807) is 25.1 Å². The summed E-state index contributed by atoms with van der Waals surface area (Å²) in [5, 5.41) is 2.67. The Morgan fingerprint density at radius 3 is 1.61 bits per heavy atom. The zero-order valence-electron chi connectivity index (χ0n) is 31.9. The van der Waals surface area contributed by atoms with Crippen LogP contribution in [-0.4, -0.2) is 46.6 Å². The predicted octanol–water partition coefficient (Wildman–Crippen LogP) is 10.2. The van der Waals surface area contributed by atoms with Gasteiger partial charge in [0.2, 0.25) is 0 Å². The second-order valence-corrected chi connectivity index (χ2v) is 23.6. The van der Waals surface area contributed by atoms with Crippen LogP contribution in [0.25, 0.3) is 0 Å². The number of para-hydroxylation sites is 2. The van der Waals surface area contributed by atoms with Crippen LogP contribution in [0.5, 0.6) is 5.75 Å². The molecule has 0 radical (unpaired) electrons. The number of ether oxygens (including phenoxy) is 2. The fraction of sp³-hybridized carbons (Fsp3) is 0.463. The van der Waals surface area contributed by atoms with Gasteiger partial charge in [0.05, 0.1) is 0 Å². The average Bonchev–Trinajstić information content (AvgIpc) is 3.50. The summed E-state index contributed by atoms with van der Waals surface area (Å²) in [6.07, 6.45) is -0.132. The van der Waals surface area contributed by atoms with E-state index in [-0.39, 0.29) is 36.4 Å². The number of anilines is 3. The number of esters is 1. The van der Waals surface area contributed by atoms with Crippen molar-refractivity contribution < 1.29 is 31.0 Å². The maximum atomic E-state index is 12.6. The van der Waals surface area contributed by atoms with E-state index in [1.165, 1.54) is 33.6 Å². The van der Waals surface area contributed by atoms with E-state index in [4.69, 9.17) is 28.9 Å². The minimum absolute atomic E-state index is 0.100. The van der Waals surface area contributed by atoms with Gasteiger partial charge < -0.3 is 0 Å². The fourth-order valence-corrected chi connectivity index (χ4v) is 12.5. The molecule has 1 saturated heterocycles. The van der Waals surface area contributed by atoms with Gasteiger partial charge in [-0.05, 0) is 0 Å². The Balaban J connectivity index is 2.13. The SMILES string of the molecule is CCOC(=O)C(=O)Nc1ccc(OC(C)C)c([CH]=[Ru-4]([Cl])([Cl])=[C]2N(c3c(C(C)C)cccc3C(C)C)CCN2c2c(C(C)C)cccc2C(C)C)c1. The molecule has 1 aliphatic heterocycles. The quantitative estimate of drug-likeness (QED) is 0.118. The van der Waals surface area contributed by atoms with Crippen molar-refractivity contribution in [2.45, 2.75) is 106 Å². The van der Waals surface area contributed by atoms with Crippen LogP contribution in [0.15, 0.2) is 54.6 Å². The molecule has 0 aliphatic carbocycles. The minimum atomic E-state index is -4.06. The van der Waals surface area contributed by atoms with E-state index in [2.05, 4.69) is 107 Å². The standard InChI is InChI=1S/C27H38N2.C14H17NO4.2ClH.Ru/c1-18(2)22-11-9-12-23(19(3)4)26(22)28-15-16-29(17-28)27-24(20(5)6)13-10-14-25(27)21(7)8;1-5-18-14(17)13(16)15-11-6-7-12(10(4)8-11)19-9(2)3;;;/h9-14,18-21H,15-16H2,1-8H3;4,6-9H,5H2,1-3H3,(H,15,16);2*1H;/q;;;;-2/p-2. The Bertz CT molecular complexity index is 1740. The van der Waals surface area contributed by atoms with Crippen molar-refractivity contribution in [3.05, 3.63) is 82.4 Å². The van der Waals surface area contributed by atoms with Crippen molar-refractivity contribution in [1.82, 2.24) is 0 Å². The van der Waals surface area contributed by atoms with Crippen LogP contribution in [0.1, 0.15) is 128 Å². The molecule has 0 saturated carbocycles. The topological polar surface area (TPSA) is 71.1 Å². The Hall–Kier alpha value is -3.06. The fourth-order valence-electron chi connectivity index (χ4n) is 6.46. The molecule has 0 unspecified atom stereocenters. The second-order valence-electron chi connectivity index (χ2n) is 14.4. The molecule has 3 aromatic carbocycles. The van der Waals surface area contributed by atoms with Crippen LogP contribution in [0.2, 0.25) is 0 Å². The van der Waals surface area contributed by atoms with Gasteiger partial charge >= 0.3 is 317 Å². The van der Waals surface area contributed by atoms with Gasteiger partial charge in [0, 0.05) is 0 Å². The number of nitrogens with zero attached hydrogens (tertiary/aromatic N) is 2. The summed E-state index contributed by atoms with van der Waals surface area (Å²) in [5.74, 6) is -0.158. The molecule has 1 heterocycles. The van der Waals surface area contributed by atoms with E-state index >= 15 is 0 Å². The Morgan fingerprint density at radius 2 is 1.22 bits per heavy atom. The van der Waals surface area contributed by atoms with E-state index in [1.807, 2.05) is 18.5 Å². The van der Waals surface area contributed by atoms with Gasteiger partial charge in [0.15, 0.2) is 0 Å². The van der Waals surface area contributed by atoms with Crippen molar-refractivity contribution in [3.8, 4) is 5.75 Å². The van der Waals surface area contributed by atoms with Crippen LogP contribution in [0, 0.1) is 0 Å². The number of rotatable bonds is 11. The second kappa shape index (κ2) is 17.2. The molecule has 4 rings (SSSR count). The number of nitrogens with one attached hydrogen (secondary N) is 1. The molecule has 7 nitrogen and oxygen atoms in total. The van der Waals surface area contributed by atoms with Crippen LogP contribution < -0.4 is 19.9 Å². The Morgan fingerprint density at radius 1 is 0.765 bits per heavy atom. The number of halogens is 2. The van der Waals surface area contributed by atoms with Crippen LogP contribution >= 0.6 is 19.4 Å². The number of amides is 1. The number of hydrogen-bond acceptors (Lipinski definition) is 6. The van der Waals surface area contributed by atoms with Crippen LogP contribution in [0.4, 0.5) is 17.1 Å². The van der Waals surface area contributed by atoms with Crippen LogP contribution in [0.3, 0.4) is 0 Å². The number of benzene rings is 3. The summed E-state index contributed by atoms with van der Waals surface area (Å²) in [4.78, 5) is 29.6. The summed E-state index contributed by atoms with van der Waals surface area (Å²) in [7, 11) is 15.8. The third-order valence-electron chi connectivity index (χ3n) is 8.74. The molecule has 1 amide bonds. The molecule has 0 atom stereocenters. The first-order valence-corrected chi connectivity index (χ1v) is 24.3. The van der Waals surface area contributed by atoms with Crippen molar-refractivity contribution in [3.63, 3.8) is 0 Å². The van der Waals surface area contributed by atoms with Gasteiger partial charge in [-0.3, -0.25) is 0 Å². The molecule has 1 N–H and O–H groups in total. The number of hydrogen-bond donors (Lipinski definition) is 1. The Labute approximate surface area is 315 Å². The molecule has 1 fully saturated rings. The van der Waals surface area contributed by atoms with Gasteiger partial charge in [-0.1, -0.05) is 0 Å². The van der Waals surface area contributed by atoms with Crippen molar-refractivity contribution in [2.75, 3.05) is 34.8 Å². The normalized spacial score (nSPS) is 14.0. The van der Waals surface area contributed by atoms with Gasteiger partial charge in [0.25, 0.3) is 0 Å². The molecular formula is C41H55Cl2N3O4Ru-4. The Kier molecular flexibility index (Phi) is 13.7. The predicted molar refractivity (Wildman–Crippen MR) is 213 cm³/mol. The number of carbonyl (C=O) groups is 2. The average molecular weight is 826 g/mol. The summed E-state index contributed by atoms with van der Waals surface area (Å²) in [5.41, 5.74) is 8.38. The zero-order chi connectivity index (χ0) is 37.8. The molecule has 0 spiro atoms. The molecule has 1 aliphatic rings. The van der Waals surface area contributed by atoms with Crippen LogP contribution in [-0.2, 0) is 26.2 Å². The van der Waals surface area contributed by atoms with Gasteiger partial charge in [-0.25, -0.2) is 0 Å². The summed E-state index contributed by atoms with van der Waals surface area (Å²) < 4.78 is 14.0. The third-order valence-corrected chi connectivity index (χ3v) is 14.2. The molecular weight excluding hydrogens is 770 g/mol. The molecule has 10 heteroatoms. The monoisotopic (exact) mass is 825 g/mol. The van der Waals surface area contributed by atoms with E-state index in [0.29, 0.717) is 30.1 Å². The van der Waals surface area contributed by atoms with Crippen molar-refractivity contribution in [1.29, 1.82) is 0 Å². The molecule has 51 heavy (non-hydrogen) atoms. The van der Waals surface area contributed by atoms with Crippen molar-refractivity contribution >= 4 is 57.3 Å². The van der Waals surface area contributed by atoms with Gasteiger partial charge in [-0.2, -0.15) is 0 Å². The molecule has 0 aromatic heterocycles. The van der Waals surface area contributed by atoms with Gasteiger partial charge in [-0.15, -0.1) is 0 Å². The first-order chi connectivity index (χ1) is 24.0. The van der Waals surface area contributed by atoms with E-state index < -0.39 is 23.8 Å². The summed E-state index contributed by atoms with van der Waals surface area (Å²) in [6.45, 7) is 24.9. The zero-order valence-corrected chi connectivity index (χ0v) is 35.2.